The van der Waals surface area contributed by atoms with E-state index in [0.717, 1.165) is 36.6 Å². The van der Waals surface area contributed by atoms with Crippen LogP contribution in [0.3, 0.4) is 0 Å². The van der Waals surface area contributed by atoms with Gasteiger partial charge in [-0.2, -0.15) is 18.3 Å². The molecule has 1 aliphatic rings. The van der Waals surface area contributed by atoms with Gasteiger partial charge < -0.3 is 5.32 Å². The van der Waals surface area contributed by atoms with Crippen LogP contribution in [-0.2, 0) is 12.7 Å². The van der Waals surface area contributed by atoms with Gasteiger partial charge in [0.1, 0.15) is 0 Å². The van der Waals surface area contributed by atoms with Crippen LogP contribution in [0.5, 0.6) is 0 Å². The molecular formula is C15H22F3N3O. The van der Waals surface area contributed by atoms with Gasteiger partial charge >= 0.3 is 6.18 Å². The molecule has 1 aromatic heterocycles. The summed E-state index contributed by atoms with van der Waals surface area (Å²) >= 11 is 0. The Balaban J connectivity index is 2.02. The number of aromatic nitrogens is 2. The van der Waals surface area contributed by atoms with Gasteiger partial charge in [0.25, 0.3) is 5.91 Å². The maximum atomic E-state index is 13.1. The molecule has 0 saturated heterocycles. The molecule has 1 aromatic rings. The Morgan fingerprint density at radius 1 is 1.36 bits per heavy atom. The number of carbonyl (C=O) groups excluding carboxylic acids is 1. The molecule has 1 heterocycles. The highest BCUT2D eigenvalue weighted by Gasteiger charge is 2.39. The van der Waals surface area contributed by atoms with Crippen LogP contribution in [0.4, 0.5) is 13.2 Å². The number of carbonyl (C=O) groups is 1. The van der Waals surface area contributed by atoms with Crippen molar-refractivity contribution < 1.29 is 18.0 Å². The van der Waals surface area contributed by atoms with Crippen molar-refractivity contribution in [3.05, 3.63) is 17.5 Å². The molecule has 0 spiro atoms. The Bertz CT molecular complexity index is 517. The number of amides is 1. The zero-order valence-corrected chi connectivity index (χ0v) is 12.9. The van der Waals surface area contributed by atoms with Crippen molar-refractivity contribution in [1.82, 2.24) is 15.1 Å². The van der Waals surface area contributed by atoms with Gasteiger partial charge in [-0.1, -0.05) is 19.8 Å². The number of alkyl halides is 3. The first-order valence-electron chi connectivity index (χ1n) is 7.74. The van der Waals surface area contributed by atoms with E-state index in [2.05, 4.69) is 17.3 Å². The molecule has 7 heteroatoms. The zero-order valence-electron chi connectivity index (χ0n) is 12.9. The minimum absolute atomic E-state index is 0.0721. The van der Waals surface area contributed by atoms with E-state index < -0.39 is 23.3 Å². The van der Waals surface area contributed by atoms with Crippen LogP contribution in [0.15, 0.2) is 6.20 Å². The second-order valence-corrected chi connectivity index (χ2v) is 6.06. The van der Waals surface area contributed by atoms with E-state index in [1.165, 1.54) is 0 Å². The third kappa shape index (κ3) is 3.81. The number of hydrogen-bond acceptors (Lipinski definition) is 2. The number of halogens is 3. The zero-order chi connectivity index (χ0) is 16.3. The van der Waals surface area contributed by atoms with Gasteiger partial charge in [0.05, 0.1) is 11.8 Å². The third-order valence-electron chi connectivity index (χ3n) is 4.34. The smallest absolute Gasteiger partial charge is 0.352 e. The van der Waals surface area contributed by atoms with E-state index in [9.17, 15) is 18.0 Å². The fourth-order valence-corrected chi connectivity index (χ4v) is 2.96. The van der Waals surface area contributed by atoms with E-state index in [1.807, 2.05) is 0 Å². The Kier molecular flexibility index (Phi) is 5.13. The van der Waals surface area contributed by atoms with E-state index in [1.54, 1.807) is 6.92 Å². The number of hydrogen-bond donors (Lipinski definition) is 1. The average molecular weight is 317 g/mol. The van der Waals surface area contributed by atoms with Gasteiger partial charge in [0.15, 0.2) is 5.69 Å². The standard InChI is InChI=1S/C15H22F3N3O/c1-3-21-13(15(16,17)18)12(9-20-21)14(22)19-8-11-6-4-10(2)5-7-11/h9-11H,3-8H2,1-2H3,(H,19,22). The predicted molar refractivity (Wildman–Crippen MR) is 76.4 cm³/mol. The molecule has 0 radical (unpaired) electrons. The minimum Gasteiger partial charge on any atom is -0.352 e. The first-order valence-corrected chi connectivity index (χ1v) is 7.74. The number of rotatable bonds is 4. The van der Waals surface area contributed by atoms with Gasteiger partial charge in [-0.05, 0) is 31.6 Å². The Morgan fingerprint density at radius 2 is 2.00 bits per heavy atom. The third-order valence-corrected chi connectivity index (χ3v) is 4.34. The molecule has 124 valence electrons. The lowest BCUT2D eigenvalue weighted by Gasteiger charge is -2.26. The van der Waals surface area contributed by atoms with Crippen molar-refractivity contribution in [2.45, 2.75) is 52.3 Å². The Morgan fingerprint density at radius 3 is 2.55 bits per heavy atom. The van der Waals surface area contributed by atoms with Crippen molar-refractivity contribution in [1.29, 1.82) is 0 Å². The molecule has 1 fully saturated rings. The van der Waals surface area contributed by atoms with E-state index >= 15 is 0 Å². The summed E-state index contributed by atoms with van der Waals surface area (Å²) in [5.41, 5.74) is -1.36. The molecule has 0 aliphatic heterocycles. The molecule has 22 heavy (non-hydrogen) atoms. The molecule has 0 bridgehead atoms. The van der Waals surface area contributed by atoms with Gasteiger partial charge in [-0.25, -0.2) is 0 Å². The van der Waals surface area contributed by atoms with Crippen LogP contribution in [0, 0.1) is 11.8 Å². The molecule has 1 N–H and O–H groups in total. The van der Waals surface area contributed by atoms with Crippen LogP contribution in [0.25, 0.3) is 0 Å². The molecule has 1 saturated carbocycles. The van der Waals surface area contributed by atoms with Crippen molar-refractivity contribution >= 4 is 5.91 Å². The van der Waals surface area contributed by atoms with Gasteiger partial charge in [-0.3, -0.25) is 9.48 Å². The van der Waals surface area contributed by atoms with Crippen LogP contribution in [0.2, 0.25) is 0 Å². The number of nitrogens with one attached hydrogen (secondary N) is 1. The van der Waals surface area contributed by atoms with Crippen molar-refractivity contribution in [2.24, 2.45) is 11.8 Å². The molecule has 1 amide bonds. The second kappa shape index (κ2) is 6.71. The summed E-state index contributed by atoms with van der Waals surface area (Å²) < 4.78 is 40.1. The number of nitrogens with zero attached hydrogens (tertiary/aromatic N) is 2. The summed E-state index contributed by atoms with van der Waals surface area (Å²) in [4.78, 5) is 12.1. The Hall–Kier alpha value is -1.53. The molecule has 0 aromatic carbocycles. The summed E-state index contributed by atoms with van der Waals surface area (Å²) in [5.74, 6) is 0.368. The highest BCUT2D eigenvalue weighted by molar-refractivity contribution is 5.95. The maximum Gasteiger partial charge on any atom is 0.433 e. The number of aryl methyl sites for hydroxylation is 1. The molecule has 0 unspecified atom stereocenters. The fourth-order valence-electron chi connectivity index (χ4n) is 2.96. The summed E-state index contributed by atoms with van der Waals surface area (Å²) in [7, 11) is 0. The van der Waals surface area contributed by atoms with E-state index in [4.69, 9.17) is 0 Å². The highest BCUT2D eigenvalue weighted by atomic mass is 19.4. The van der Waals surface area contributed by atoms with Gasteiger partial charge in [0.2, 0.25) is 0 Å². The quantitative estimate of drug-likeness (QED) is 0.924. The molecule has 1 aliphatic carbocycles. The lowest BCUT2D eigenvalue weighted by molar-refractivity contribution is -0.144. The summed E-state index contributed by atoms with van der Waals surface area (Å²) in [6.45, 7) is 4.26. The summed E-state index contributed by atoms with van der Waals surface area (Å²) in [6.07, 6.45) is 0.678. The lowest BCUT2D eigenvalue weighted by atomic mass is 9.83. The SMILES string of the molecule is CCn1ncc(C(=O)NCC2CCC(C)CC2)c1C(F)(F)F. The molecule has 2 rings (SSSR count). The molecule has 4 nitrogen and oxygen atoms in total. The van der Waals surface area contributed by atoms with E-state index in [-0.39, 0.29) is 6.54 Å². The summed E-state index contributed by atoms with van der Waals surface area (Å²) in [6, 6.07) is 0. The summed E-state index contributed by atoms with van der Waals surface area (Å²) in [5, 5.41) is 6.30. The van der Waals surface area contributed by atoms with Crippen LogP contribution >= 0.6 is 0 Å². The van der Waals surface area contributed by atoms with Crippen molar-refractivity contribution in [3.63, 3.8) is 0 Å². The van der Waals surface area contributed by atoms with E-state index in [0.29, 0.717) is 18.4 Å². The normalized spacial score (nSPS) is 22.6. The topological polar surface area (TPSA) is 46.9 Å². The largest absolute Gasteiger partial charge is 0.433 e. The lowest BCUT2D eigenvalue weighted by Crippen LogP contribution is -2.32. The minimum atomic E-state index is -4.58. The fraction of sp³-hybridized carbons (Fsp3) is 0.733. The van der Waals surface area contributed by atoms with Gasteiger partial charge in [0, 0.05) is 13.1 Å². The average Bonchev–Trinajstić information content (AvgIpc) is 2.90. The Labute approximate surface area is 128 Å². The van der Waals surface area contributed by atoms with Crippen LogP contribution in [-0.4, -0.2) is 22.2 Å². The first kappa shape index (κ1) is 16.8. The van der Waals surface area contributed by atoms with Crippen molar-refractivity contribution in [3.8, 4) is 0 Å². The molecule has 0 atom stereocenters. The highest BCUT2D eigenvalue weighted by Crippen LogP contribution is 2.32. The van der Waals surface area contributed by atoms with Crippen molar-refractivity contribution in [2.75, 3.05) is 6.54 Å². The second-order valence-electron chi connectivity index (χ2n) is 6.06. The van der Waals surface area contributed by atoms with Crippen LogP contribution in [0.1, 0.15) is 55.6 Å². The predicted octanol–water partition coefficient (Wildman–Crippen LogP) is 3.48. The monoisotopic (exact) mass is 317 g/mol. The maximum absolute atomic E-state index is 13.1. The molecular weight excluding hydrogens is 295 g/mol. The van der Waals surface area contributed by atoms with Crippen LogP contribution < -0.4 is 5.32 Å². The van der Waals surface area contributed by atoms with Gasteiger partial charge in [-0.15, -0.1) is 0 Å². The first-order chi connectivity index (χ1) is 10.3.